The van der Waals surface area contributed by atoms with Gasteiger partial charge in [-0.05, 0) is 85.6 Å². The van der Waals surface area contributed by atoms with Crippen LogP contribution in [0, 0.1) is 22.7 Å². The molecule has 0 amide bonds. The van der Waals surface area contributed by atoms with E-state index < -0.39 is 11.4 Å². The molecule has 3 fully saturated rings. The lowest BCUT2D eigenvalue weighted by atomic mass is 9.48. The van der Waals surface area contributed by atoms with E-state index in [1.165, 1.54) is 18.4 Å². The third-order valence-corrected chi connectivity index (χ3v) is 7.95. The topological polar surface area (TPSA) is 46.5 Å². The Morgan fingerprint density at radius 1 is 0.964 bits per heavy atom. The van der Waals surface area contributed by atoms with E-state index in [9.17, 15) is 9.90 Å². The van der Waals surface area contributed by atoms with Crippen molar-refractivity contribution in [2.24, 2.45) is 22.7 Å². The lowest BCUT2D eigenvalue weighted by molar-refractivity contribution is -0.170. The van der Waals surface area contributed by atoms with Gasteiger partial charge >= 0.3 is 5.97 Å². The molecular weight excluding hydrogens is 348 g/mol. The van der Waals surface area contributed by atoms with Gasteiger partial charge in [-0.3, -0.25) is 4.79 Å². The van der Waals surface area contributed by atoms with Crippen LogP contribution in [0.15, 0.2) is 54.6 Å². The molecule has 28 heavy (non-hydrogen) atoms. The zero-order valence-electron chi connectivity index (χ0n) is 16.3. The van der Waals surface area contributed by atoms with Gasteiger partial charge in [-0.2, -0.15) is 0 Å². The number of aliphatic carboxylic acids is 1. The molecule has 4 atom stereocenters. The minimum atomic E-state index is -0.547. The van der Waals surface area contributed by atoms with Crippen LogP contribution in [0.3, 0.4) is 0 Å². The molecule has 1 unspecified atom stereocenters. The van der Waals surface area contributed by atoms with Gasteiger partial charge in [0.05, 0.1) is 5.41 Å². The van der Waals surface area contributed by atoms with Gasteiger partial charge in [0, 0.05) is 0 Å². The van der Waals surface area contributed by atoms with Crippen molar-refractivity contribution in [2.75, 3.05) is 0 Å². The number of benzene rings is 2. The quantitative estimate of drug-likeness (QED) is 0.687. The summed E-state index contributed by atoms with van der Waals surface area (Å²) in [6.07, 6.45) is 8.27. The molecule has 0 spiro atoms. The maximum absolute atomic E-state index is 12.6. The van der Waals surface area contributed by atoms with Crippen molar-refractivity contribution in [3.63, 3.8) is 0 Å². The lowest BCUT2D eigenvalue weighted by Gasteiger charge is -2.54. The van der Waals surface area contributed by atoms with E-state index in [4.69, 9.17) is 4.74 Å². The van der Waals surface area contributed by atoms with Gasteiger partial charge < -0.3 is 9.84 Å². The number of rotatable bonds is 5. The second kappa shape index (κ2) is 6.65. The van der Waals surface area contributed by atoms with Crippen LogP contribution in [0.2, 0.25) is 0 Å². The van der Waals surface area contributed by atoms with Crippen LogP contribution in [-0.2, 0) is 11.2 Å². The average Bonchev–Trinajstić information content (AvgIpc) is 3.11. The van der Waals surface area contributed by atoms with Crippen molar-refractivity contribution in [3.8, 4) is 11.5 Å². The molecule has 0 aliphatic heterocycles. The van der Waals surface area contributed by atoms with Gasteiger partial charge in [0.25, 0.3) is 0 Å². The molecule has 3 aliphatic carbocycles. The lowest BCUT2D eigenvalue weighted by Crippen LogP contribution is -2.53. The SMILES string of the molecule is O=C(O)C12CCC[C@H](C1)[C@H]1CC[C@@]2(Cc2cccc(Oc3ccccc3)c2)C1. The Morgan fingerprint density at radius 3 is 2.57 bits per heavy atom. The van der Waals surface area contributed by atoms with Gasteiger partial charge in [0.1, 0.15) is 11.5 Å². The first kappa shape index (κ1) is 17.8. The van der Waals surface area contributed by atoms with Crippen molar-refractivity contribution >= 4 is 5.97 Å². The number of fused-ring (bicyclic) bond motifs is 6. The van der Waals surface area contributed by atoms with E-state index >= 15 is 0 Å². The second-order valence-electron chi connectivity index (χ2n) is 9.27. The summed E-state index contributed by atoms with van der Waals surface area (Å²) >= 11 is 0. The molecule has 4 bridgehead atoms. The van der Waals surface area contributed by atoms with Crippen LogP contribution < -0.4 is 4.74 Å². The Kier molecular flexibility index (Phi) is 4.22. The molecule has 1 N–H and O–H groups in total. The van der Waals surface area contributed by atoms with Crippen LogP contribution >= 0.6 is 0 Å². The van der Waals surface area contributed by atoms with E-state index in [1.807, 2.05) is 42.5 Å². The summed E-state index contributed by atoms with van der Waals surface area (Å²) < 4.78 is 6.02. The van der Waals surface area contributed by atoms with Crippen molar-refractivity contribution in [2.45, 2.75) is 51.4 Å². The Bertz CT molecular complexity index is 876. The first-order chi connectivity index (χ1) is 13.6. The van der Waals surface area contributed by atoms with Crippen molar-refractivity contribution in [3.05, 3.63) is 60.2 Å². The highest BCUT2D eigenvalue weighted by Gasteiger charge is 2.64. The Labute approximate surface area is 166 Å². The second-order valence-corrected chi connectivity index (χ2v) is 9.27. The molecule has 2 aromatic carbocycles. The minimum Gasteiger partial charge on any atom is -0.481 e. The Morgan fingerprint density at radius 2 is 1.75 bits per heavy atom. The summed E-state index contributed by atoms with van der Waals surface area (Å²) in [6.45, 7) is 0. The van der Waals surface area contributed by atoms with Crippen molar-refractivity contribution in [1.29, 1.82) is 0 Å². The fourth-order valence-electron chi connectivity index (χ4n) is 6.69. The number of carbonyl (C=O) groups is 1. The van der Waals surface area contributed by atoms with Gasteiger partial charge in [0.2, 0.25) is 0 Å². The smallest absolute Gasteiger partial charge is 0.310 e. The number of carboxylic acid groups (broad SMARTS) is 1. The number of hydrogen-bond donors (Lipinski definition) is 1. The maximum atomic E-state index is 12.6. The molecule has 3 nitrogen and oxygen atoms in total. The van der Waals surface area contributed by atoms with E-state index in [0.29, 0.717) is 5.92 Å². The van der Waals surface area contributed by atoms with Crippen LogP contribution in [0.4, 0.5) is 0 Å². The van der Waals surface area contributed by atoms with Crippen LogP contribution in [-0.4, -0.2) is 11.1 Å². The number of para-hydroxylation sites is 1. The summed E-state index contributed by atoms with van der Waals surface area (Å²) in [6, 6.07) is 18.1. The summed E-state index contributed by atoms with van der Waals surface area (Å²) in [7, 11) is 0. The van der Waals surface area contributed by atoms with Crippen LogP contribution in [0.1, 0.15) is 50.5 Å². The third kappa shape index (κ3) is 2.75. The fourth-order valence-corrected chi connectivity index (χ4v) is 6.69. The van der Waals surface area contributed by atoms with Gasteiger partial charge in [-0.25, -0.2) is 0 Å². The zero-order chi connectivity index (χ0) is 19.2. The predicted molar refractivity (Wildman–Crippen MR) is 108 cm³/mol. The van der Waals surface area contributed by atoms with Gasteiger partial charge in [-0.1, -0.05) is 43.2 Å². The maximum Gasteiger partial charge on any atom is 0.310 e. The highest BCUT2D eigenvalue weighted by atomic mass is 16.5. The summed E-state index contributed by atoms with van der Waals surface area (Å²) in [5, 5.41) is 10.3. The fraction of sp³-hybridized carbons (Fsp3) is 0.480. The Balaban J connectivity index is 1.45. The standard InChI is InChI=1S/C25H28O3/c26-23(27)25-12-5-7-19(17-25)20-11-13-24(25,16-20)15-18-6-4-10-22(14-18)28-21-8-2-1-3-9-21/h1-4,6,8-10,14,19-20H,5,7,11-13,15-17H2,(H,26,27)/t19-,20+,24-,25?/m1/s1. The van der Waals surface area contributed by atoms with E-state index in [-0.39, 0.29) is 5.41 Å². The highest BCUT2D eigenvalue weighted by molar-refractivity contribution is 5.76. The largest absolute Gasteiger partial charge is 0.481 e. The predicted octanol–water partition coefficient (Wildman–Crippen LogP) is 6.08. The van der Waals surface area contributed by atoms with Crippen molar-refractivity contribution in [1.82, 2.24) is 0 Å². The molecule has 3 heteroatoms. The normalized spacial score (nSPS) is 33.4. The van der Waals surface area contributed by atoms with E-state index in [2.05, 4.69) is 12.1 Å². The molecule has 0 aromatic heterocycles. The molecule has 146 valence electrons. The molecule has 5 rings (SSSR count). The first-order valence-corrected chi connectivity index (χ1v) is 10.7. The average molecular weight is 376 g/mol. The number of carboxylic acids is 1. The Hall–Kier alpha value is -2.29. The molecule has 0 radical (unpaired) electrons. The summed E-state index contributed by atoms with van der Waals surface area (Å²) in [5.41, 5.74) is 0.587. The molecule has 0 heterocycles. The molecule has 0 saturated heterocycles. The van der Waals surface area contributed by atoms with E-state index in [0.717, 1.165) is 55.9 Å². The van der Waals surface area contributed by atoms with Gasteiger partial charge in [-0.15, -0.1) is 0 Å². The minimum absolute atomic E-state index is 0.0915. The summed E-state index contributed by atoms with van der Waals surface area (Å²) in [4.78, 5) is 12.6. The molecule has 3 saturated carbocycles. The van der Waals surface area contributed by atoms with Crippen LogP contribution in [0.25, 0.3) is 0 Å². The van der Waals surface area contributed by atoms with E-state index in [1.54, 1.807) is 0 Å². The van der Waals surface area contributed by atoms with Gasteiger partial charge in [0.15, 0.2) is 0 Å². The van der Waals surface area contributed by atoms with Crippen LogP contribution in [0.5, 0.6) is 11.5 Å². The third-order valence-electron chi connectivity index (χ3n) is 7.95. The zero-order valence-corrected chi connectivity index (χ0v) is 16.3. The number of ether oxygens (including phenoxy) is 1. The number of hydrogen-bond acceptors (Lipinski definition) is 2. The molecule has 2 aromatic rings. The highest BCUT2D eigenvalue weighted by Crippen LogP contribution is 2.68. The summed E-state index contributed by atoms with van der Waals surface area (Å²) in [5.74, 6) is 2.48. The molecular formula is C25H28O3. The molecule has 3 aliphatic rings. The first-order valence-electron chi connectivity index (χ1n) is 10.7. The monoisotopic (exact) mass is 376 g/mol. The van der Waals surface area contributed by atoms with Crippen molar-refractivity contribution < 1.29 is 14.6 Å².